The second-order valence-corrected chi connectivity index (χ2v) is 8.91. The van der Waals surface area contributed by atoms with Gasteiger partial charge in [-0.1, -0.05) is 0 Å². The molecule has 0 spiro atoms. The molecule has 5 nitrogen and oxygen atoms in total. The first-order chi connectivity index (χ1) is 11.4. The SMILES string of the molecule is CC(=O)N1CCN([C@H](C)C(=O)NC23CC4CC(CC(C4)C2)C3)CC1. The van der Waals surface area contributed by atoms with E-state index < -0.39 is 0 Å². The summed E-state index contributed by atoms with van der Waals surface area (Å²) in [7, 11) is 0. The molecule has 5 fully saturated rings. The molecule has 0 radical (unpaired) electrons. The number of amides is 2. The molecule has 1 N–H and O–H groups in total. The Hall–Kier alpha value is -1.10. The van der Waals surface area contributed by atoms with Crippen LogP contribution in [0.15, 0.2) is 0 Å². The van der Waals surface area contributed by atoms with Crippen molar-refractivity contribution in [2.75, 3.05) is 26.2 Å². The molecule has 1 heterocycles. The van der Waals surface area contributed by atoms with Gasteiger partial charge in [0.05, 0.1) is 6.04 Å². The molecule has 24 heavy (non-hydrogen) atoms. The summed E-state index contributed by atoms with van der Waals surface area (Å²) in [5.74, 6) is 2.90. The van der Waals surface area contributed by atoms with E-state index in [0.717, 1.165) is 43.9 Å². The topological polar surface area (TPSA) is 52.7 Å². The fourth-order valence-corrected chi connectivity index (χ4v) is 6.22. The van der Waals surface area contributed by atoms with Crippen LogP contribution in [0.1, 0.15) is 52.4 Å². The van der Waals surface area contributed by atoms with E-state index in [-0.39, 0.29) is 23.4 Å². The Bertz CT molecular complexity index is 489. The zero-order valence-corrected chi connectivity index (χ0v) is 15.1. The van der Waals surface area contributed by atoms with Crippen LogP contribution >= 0.6 is 0 Å². The van der Waals surface area contributed by atoms with Crippen molar-refractivity contribution in [1.82, 2.24) is 15.1 Å². The summed E-state index contributed by atoms with van der Waals surface area (Å²) in [6.07, 6.45) is 7.81. The quantitative estimate of drug-likeness (QED) is 0.854. The molecule has 5 heteroatoms. The van der Waals surface area contributed by atoms with E-state index >= 15 is 0 Å². The fourth-order valence-electron chi connectivity index (χ4n) is 6.22. The van der Waals surface area contributed by atoms with Gasteiger partial charge in [-0.3, -0.25) is 14.5 Å². The van der Waals surface area contributed by atoms with Crippen molar-refractivity contribution in [2.24, 2.45) is 17.8 Å². The Morgan fingerprint density at radius 1 is 0.958 bits per heavy atom. The molecule has 0 aromatic heterocycles. The van der Waals surface area contributed by atoms with Crippen molar-refractivity contribution in [1.29, 1.82) is 0 Å². The summed E-state index contributed by atoms with van der Waals surface area (Å²) in [6.45, 7) is 6.73. The molecule has 4 saturated carbocycles. The predicted molar refractivity (Wildman–Crippen MR) is 92.3 cm³/mol. The molecule has 2 amide bonds. The smallest absolute Gasteiger partial charge is 0.237 e. The number of carbonyl (C=O) groups excluding carboxylic acids is 2. The van der Waals surface area contributed by atoms with Gasteiger partial charge in [-0.05, 0) is 63.2 Å². The Morgan fingerprint density at radius 2 is 1.46 bits per heavy atom. The molecule has 5 aliphatic rings. The van der Waals surface area contributed by atoms with Gasteiger partial charge in [0.25, 0.3) is 0 Å². The molecule has 0 unspecified atom stereocenters. The summed E-state index contributed by atoms with van der Waals surface area (Å²) in [6, 6.07) is -0.0906. The highest BCUT2D eigenvalue weighted by atomic mass is 16.2. The van der Waals surface area contributed by atoms with Gasteiger partial charge in [0.2, 0.25) is 11.8 Å². The van der Waals surface area contributed by atoms with Gasteiger partial charge < -0.3 is 10.2 Å². The van der Waals surface area contributed by atoms with Crippen LogP contribution < -0.4 is 5.32 Å². The van der Waals surface area contributed by atoms with Crippen LogP contribution in [-0.2, 0) is 9.59 Å². The van der Waals surface area contributed by atoms with Gasteiger partial charge in [-0.25, -0.2) is 0 Å². The summed E-state index contributed by atoms with van der Waals surface area (Å²) in [5, 5.41) is 3.49. The van der Waals surface area contributed by atoms with E-state index in [2.05, 4.69) is 10.2 Å². The number of nitrogens with zero attached hydrogens (tertiary/aromatic N) is 2. The molecular weight excluding hydrogens is 302 g/mol. The Kier molecular flexibility index (Phi) is 4.10. The van der Waals surface area contributed by atoms with Crippen molar-refractivity contribution >= 4 is 11.8 Å². The van der Waals surface area contributed by atoms with Gasteiger partial charge in [-0.15, -0.1) is 0 Å². The summed E-state index contributed by atoms with van der Waals surface area (Å²) < 4.78 is 0. The average Bonchev–Trinajstić information content (AvgIpc) is 2.52. The van der Waals surface area contributed by atoms with Crippen LogP contribution in [0.5, 0.6) is 0 Å². The third-order valence-corrected chi connectivity index (χ3v) is 7.11. The van der Waals surface area contributed by atoms with E-state index in [0.29, 0.717) is 0 Å². The molecule has 1 atom stereocenters. The van der Waals surface area contributed by atoms with Gasteiger partial charge >= 0.3 is 0 Å². The van der Waals surface area contributed by atoms with Crippen LogP contribution in [0, 0.1) is 17.8 Å². The number of hydrogen-bond acceptors (Lipinski definition) is 3. The maximum absolute atomic E-state index is 12.9. The molecule has 1 aliphatic heterocycles. The minimum Gasteiger partial charge on any atom is -0.349 e. The Balaban J connectivity index is 1.35. The summed E-state index contributed by atoms with van der Waals surface area (Å²) in [4.78, 5) is 28.5. The third kappa shape index (κ3) is 2.96. The lowest BCUT2D eigenvalue weighted by Crippen LogP contribution is -2.63. The number of carbonyl (C=O) groups is 2. The molecule has 4 aliphatic carbocycles. The van der Waals surface area contributed by atoms with Crippen LogP contribution in [0.4, 0.5) is 0 Å². The molecule has 0 aromatic rings. The van der Waals surface area contributed by atoms with Crippen molar-refractivity contribution in [3.63, 3.8) is 0 Å². The van der Waals surface area contributed by atoms with Gasteiger partial charge in [0.1, 0.15) is 0 Å². The monoisotopic (exact) mass is 333 g/mol. The molecular formula is C19H31N3O2. The number of hydrogen-bond donors (Lipinski definition) is 1. The average molecular weight is 333 g/mol. The van der Waals surface area contributed by atoms with E-state index in [4.69, 9.17) is 0 Å². The number of nitrogens with one attached hydrogen (secondary N) is 1. The fraction of sp³-hybridized carbons (Fsp3) is 0.895. The number of piperazine rings is 1. The minimum atomic E-state index is -0.0906. The van der Waals surface area contributed by atoms with Crippen LogP contribution in [0.3, 0.4) is 0 Å². The molecule has 0 aromatic carbocycles. The summed E-state index contributed by atoms with van der Waals surface area (Å²) in [5.41, 5.74) is 0.0985. The summed E-state index contributed by atoms with van der Waals surface area (Å²) >= 11 is 0. The lowest BCUT2D eigenvalue weighted by atomic mass is 9.53. The lowest BCUT2D eigenvalue weighted by Gasteiger charge is -2.57. The van der Waals surface area contributed by atoms with Crippen molar-refractivity contribution < 1.29 is 9.59 Å². The normalized spacial score (nSPS) is 39.8. The standard InChI is InChI=1S/C19H31N3O2/c1-13(21-3-5-22(6-4-21)14(2)23)18(24)20-19-10-15-7-16(11-19)9-17(8-15)12-19/h13,15-17H,3-12H2,1-2H3,(H,20,24)/t13-,15?,16?,17?,19?/m1/s1. The second kappa shape index (κ2) is 6.01. The molecule has 4 bridgehead atoms. The highest BCUT2D eigenvalue weighted by molar-refractivity contribution is 5.82. The van der Waals surface area contributed by atoms with Gasteiger partial charge in [-0.2, -0.15) is 0 Å². The first-order valence-corrected chi connectivity index (χ1v) is 9.76. The minimum absolute atomic E-state index is 0.0906. The van der Waals surface area contributed by atoms with Crippen LogP contribution in [0.2, 0.25) is 0 Å². The van der Waals surface area contributed by atoms with Gasteiger partial charge in [0.15, 0.2) is 0 Å². The van der Waals surface area contributed by atoms with E-state index in [1.54, 1.807) is 6.92 Å². The van der Waals surface area contributed by atoms with Crippen molar-refractivity contribution in [3.05, 3.63) is 0 Å². The Morgan fingerprint density at radius 3 is 1.92 bits per heavy atom. The predicted octanol–water partition coefficient (Wildman–Crippen LogP) is 1.62. The van der Waals surface area contributed by atoms with Crippen molar-refractivity contribution in [3.8, 4) is 0 Å². The lowest BCUT2D eigenvalue weighted by molar-refractivity contribution is -0.134. The molecule has 1 saturated heterocycles. The molecule has 5 rings (SSSR count). The second-order valence-electron chi connectivity index (χ2n) is 8.91. The Labute approximate surface area is 145 Å². The van der Waals surface area contributed by atoms with Crippen LogP contribution in [0.25, 0.3) is 0 Å². The first kappa shape index (κ1) is 16.4. The maximum atomic E-state index is 12.9. The largest absolute Gasteiger partial charge is 0.349 e. The highest BCUT2D eigenvalue weighted by Crippen LogP contribution is 2.55. The first-order valence-electron chi connectivity index (χ1n) is 9.76. The maximum Gasteiger partial charge on any atom is 0.237 e. The van der Waals surface area contributed by atoms with E-state index in [1.165, 1.54) is 38.5 Å². The highest BCUT2D eigenvalue weighted by Gasteiger charge is 2.51. The van der Waals surface area contributed by atoms with E-state index in [1.807, 2.05) is 11.8 Å². The van der Waals surface area contributed by atoms with Gasteiger partial charge in [0, 0.05) is 38.6 Å². The zero-order valence-electron chi connectivity index (χ0n) is 15.1. The van der Waals surface area contributed by atoms with Crippen LogP contribution in [-0.4, -0.2) is 59.4 Å². The molecule has 134 valence electrons. The third-order valence-electron chi connectivity index (χ3n) is 7.11. The van der Waals surface area contributed by atoms with E-state index in [9.17, 15) is 9.59 Å². The van der Waals surface area contributed by atoms with Crippen molar-refractivity contribution in [2.45, 2.75) is 64.0 Å². The number of rotatable bonds is 3. The zero-order chi connectivity index (χ0) is 16.9.